The van der Waals surface area contributed by atoms with Crippen molar-refractivity contribution in [2.45, 2.75) is 13.3 Å². The van der Waals surface area contributed by atoms with E-state index in [0.29, 0.717) is 17.4 Å². The predicted octanol–water partition coefficient (Wildman–Crippen LogP) is 2.46. The topological polar surface area (TPSA) is 85.1 Å². The molecular weight excluding hydrogens is 302 g/mol. The van der Waals surface area contributed by atoms with E-state index in [0.717, 1.165) is 17.5 Å². The van der Waals surface area contributed by atoms with Crippen molar-refractivity contribution in [3.8, 4) is 0 Å². The zero-order valence-corrected chi connectivity index (χ0v) is 13.4. The van der Waals surface area contributed by atoms with Gasteiger partial charge in [-0.1, -0.05) is 19.1 Å². The fraction of sp³-hybridized carbons (Fsp3) is 0.105. The minimum absolute atomic E-state index is 0.132. The van der Waals surface area contributed by atoms with E-state index >= 15 is 0 Å². The number of aldehydes is 1. The molecule has 0 atom stereocenters. The largest absolute Gasteiger partial charge is 0.404 e. The fourth-order valence-corrected chi connectivity index (χ4v) is 2.13. The van der Waals surface area contributed by atoms with Gasteiger partial charge in [0, 0.05) is 24.2 Å². The number of aromatic nitrogens is 1. The van der Waals surface area contributed by atoms with Crippen molar-refractivity contribution >= 4 is 17.8 Å². The van der Waals surface area contributed by atoms with Crippen LogP contribution in [-0.2, 0) is 11.2 Å². The van der Waals surface area contributed by atoms with Crippen molar-refractivity contribution in [1.82, 2.24) is 10.3 Å². The van der Waals surface area contributed by atoms with Crippen LogP contribution in [0.3, 0.4) is 0 Å². The van der Waals surface area contributed by atoms with Gasteiger partial charge in [-0.25, -0.2) is 0 Å². The van der Waals surface area contributed by atoms with E-state index in [4.69, 9.17) is 5.73 Å². The summed E-state index contributed by atoms with van der Waals surface area (Å²) in [6, 6.07) is 10.8. The Kier molecular flexibility index (Phi) is 6.02. The number of rotatable bonds is 6. The molecule has 0 radical (unpaired) electrons. The molecule has 24 heavy (non-hydrogen) atoms. The molecule has 3 N–H and O–H groups in total. The van der Waals surface area contributed by atoms with Crippen molar-refractivity contribution in [3.05, 3.63) is 83.5 Å². The number of carbonyl (C=O) groups excluding carboxylic acids is 2. The van der Waals surface area contributed by atoms with Gasteiger partial charge in [0.15, 0.2) is 6.29 Å². The second-order valence-corrected chi connectivity index (χ2v) is 5.08. The molecule has 1 aromatic heterocycles. The Bertz CT molecular complexity index is 763. The van der Waals surface area contributed by atoms with Gasteiger partial charge < -0.3 is 11.1 Å². The summed E-state index contributed by atoms with van der Waals surface area (Å²) in [7, 11) is 0. The highest BCUT2D eigenvalue weighted by molar-refractivity contribution is 5.99. The van der Waals surface area contributed by atoms with Crippen LogP contribution in [0.5, 0.6) is 0 Å². The van der Waals surface area contributed by atoms with E-state index in [-0.39, 0.29) is 11.6 Å². The third-order valence-electron chi connectivity index (χ3n) is 3.51. The molecule has 0 aliphatic heterocycles. The summed E-state index contributed by atoms with van der Waals surface area (Å²) in [5.41, 5.74) is 8.80. The lowest BCUT2D eigenvalue weighted by molar-refractivity contribution is -0.105. The maximum Gasteiger partial charge on any atom is 0.255 e. The van der Waals surface area contributed by atoms with E-state index in [2.05, 4.69) is 10.3 Å². The standard InChI is InChI=1S/C19H19N3O2/c1-2-14-3-5-16(6-4-14)19(24)22-18(13-23)11-17(12-20)15-7-9-21-10-8-15/h3-13H,2,20H2,1H3,(H,22,24)/b17-12+,18-11+. The lowest BCUT2D eigenvalue weighted by Crippen LogP contribution is -2.23. The van der Waals surface area contributed by atoms with Gasteiger partial charge in [-0.2, -0.15) is 0 Å². The van der Waals surface area contributed by atoms with Crippen LogP contribution >= 0.6 is 0 Å². The summed E-state index contributed by atoms with van der Waals surface area (Å²) in [5.74, 6) is -0.345. The van der Waals surface area contributed by atoms with Crippen LogP contribution in [0.15, 0.2) is 66.8 Å². The average molecular weight is 321 g/mol. The van der Waals surface area contributed by atoms with E-state index in [9.17, 15) is 9.59 Å². The van der Waals surface area contributed by atoms with Crippen LogP contribution in [0.25, 0.3) is 5.57 Å². The molecule has 122 valence electrons. The molecule has 1 amide bonds. The Labute approximate surface area is 140 Å². The summed E-state index contributed by atoms with van der Waals surface area (Å²) < 4.78 is 0. The third kappa shape index (κ3) is 4.39. The fourth-order valence-electron chi connectivity index (χ4n) is 2.13. The first-order valence-electron chi connectivity index (χ1n) is 7.57. The normalized spacial score (nSPS) is 11.9. The van der Waals surface area contributed by atoms with Gasteiger partial charge in [-0.15, -0.1) is 0 Å². The van der Waals surface area contributed by atoms with Crippen LogP contribution in [0.1, 0.15) is 28.4 Å². The molecule has 2 rings (SSSR count). The number of hydrogen-bond donors (Lipinski definition) is 2. The summed E-state index contributed by atoms with van der Waals surface area (Å²) in [6.07, 6.45) is 7.64. The lowest BCUT2D eigenvalue weighted by atomic mass is 10.1. The number of amides is 1. The molecule has 0 bridgehead atoms. The minimum atomic E-state index is -0.345. The quantitative estimate of drug-likeness (QED) is 0.486. The number of benzene rings is 1. The Balaban J connectivity index is 2.18. The first-order valence-corrected chi connectivity index (χ1v) is 7.57. The molecule has 0 saturated carbocycles. The van der Waals surface area contributed by atoms with Crippen molar-refractivity contribution in [2.75, 3.05) is 0 Å². The van der Waals surface area contributed by atoms with Gasteiger partial charge in [0.1, 0.15) is 0 Å². The van der Waals surface area contributed by atoms with E-state index < -0.39 is 0 Å². The van der Waals surface area contributed by atoms with E-state index in [1.54, 1.807) is 36.7 Å². The molecule has 1 aromatic carbocycles. The number of hydrogen-bond acceptors (Lipinski definition) is 4. The number of carbonyl (C=O) groups is 2. The molecule has 0 spiro atoms. The van der Waals surface area contributed by atoms with Crippen LogP contribution in [-0.4, -0.2) is 17.2 Å². The summed E-state index contributed by atoms with van der Waals surface area (Å²) in [6.45, 7) is 2.04. The molecular formula is C19H19N3O2. The molecule has 2 aromatic rings. The van der Waals surface area contributed by atoms with Gasteiger partial charge in [-0.05, 0) is 53.5 Å². The van der Waals surface area contributed by atoms with Gasteiger partial charge in [0.2, 0.25) is 0 Å². The van der Waals surface area contributed by atoms with Gasteiger partial charge in [0.05, 0.1) is 5.70 Å². The number of pyridine rings is 1. The Morgan fingerprint density at radius 3 is 2.33 bits per heavy atom. The van der Waals surface area contributed by atoms with E-state index in [1.807, 2.05) is 19.1 Å². The van der Waals surface area contributed by atoms with Crippen LogP contribution < -0.4 is 11.1 Å². The summed E-state index contributed by atoms with van der Waals surface area (Å²) in [5, 5.41) is 2.60. The molecule has 0 aliphatic rings. The molecule has 5 heteroatoms. The van der Waals surface area contributed by atoms with Crippen LogP contribution in [0, 0.1) is 0 Å². The maximum atomic E-state index is 12.2. The van der Waals surface area contributed by atoms with Gasteiger partial charge in [0.25, 0.3) is 5.91 Å². The molecule has 0 saturated heterocycles. The number of allylic oxidation sites excluding steroid dienone is 3. The van der Waals surface area contributed by atoms with Gasteiger partial charge in [-0.3, -0.25) is 14.6 Å². The average Bonchev–Trinajstić information content (AvgIpc) is 2.65. The third-order valence-corrected chi connectivity index (χ3v) is 3.51. The Morgan fingerprint density at radius 2 is 1.79 bits per heavy atom. The number of nitrogens with two attached hydrogens (primary N) is 1. The second kappa shape index (κ2) is 8.43. The number of aryl methyl sites for hydroxylation is 1. The summed E-state index contributed by atoms with van der Waals surface area (Å²) >= 11 is 0. The highest BCUT2D eigenvalue weighted by Crippen LogP contribution is 2.14. The molecule has 0 unspecified atom stereocenters. The monoisotopic (exact) mass is 321 g/mol. The first kappa shape index (κ1) is 17.1. The van der Waals surface area contributed by atoms with Crippen LogP contribution in [0.2, 0.25) is 0 Å². The predicted molar refractivity (Wildman–Crippen MR) is 93.8 cm³/mol. The molecule has 0 aliphatic carbocycles. The van der Waals surface area contributed by atoms with Crippen molar-refractivity contribution in [3.63, 3.8) is 0 Å². The lowest BCUT2D eigenvalue weighted by Gasteiger charge is -2.07. The minimum Gasteiger partial charge on any atom is -0.404 e. The van der Waals surface area contributed by atoms with Crippen molar-refractivity contribution < 1.29 is 9.59 Å². The molecule has 1 heterocycles. The maximum absolute atomic E-state index is 12.2. The first-order chi connectivity index (χ1) is 11.7. The van der Waals surface area contributed by atoms with Crippen molar-refractivity contribution in [1.29, 1.82) is 0 Å². The number of nitrogens with one attached hydrogen (secondary N) is 1. The van der Waals surface area contributed by atoms with Crippen LogP contribution in [0.4, 0.5) is 0 Å². The highest BCUT2D eigenvalue weighted by Gasteiger charge is 2.08. The van der Waals surface area contributed by atoms with Crippen molar-refractivity contribution in [2.24, 2.45) is 5.73 Å². The number of nitrogens with zero attached hydrogens (tertiary/aromatic N) is 1. The zero-order chi connectivity index (χ0) is 17.4. The van der Waals surface area contributed by atoms with Gasteiger partial charge >= 0.3 is 0 Å². The Hall–Kier alpha value is -3.21. The Morgan fingerprint density at radius 1 is 1.12 bits per heavy atom. The smallest absolute Gasteiger partial charge is 0.255 e. The second-order valence-electron chi connectivity index (χ2n) is 5.08. The SMILES string of the molecule is CCc1ccc(C(=O)N/C(C=O)=C/C(=C\N)c2ccncc2)cc1. The van der Waals surface area contributed by atoms with E-state index in [1.165, 1.54) is 12.3 Å². The molecule has 5 nitrogen and oxygen atoms in total. The highest BCUT2D eigenvalue weighted by atomic mass is 16.2. The summed E-state index contributed by atoms with van der Waals surface area (Å²) in [4.78, 5) is 27.5. The zero-order valence-electron chi connectivity index (χ0n) is 13.4. The molecule has 0 fully saturated rings.